The number of carbonyl (C=O) groups excluding carboxylic acids is 1. The van der Waals surface area contributed by atoms with Gasteiger partial charge in [-0.3, -0.25) is 9.59 Å². The summed E-state index contributed by atoms with van der Waals surface area (Å²) in [5.74, 6) is -0.763. The first-order chi connectivity index (χ1) is 12.0. The van der Waals surface area contributed by atoms with Crippen molar-refractivity contribution in [1.29, 1.82) is 0 Å². The Kier molecular flexibility index (Phi) is 3.91. The van der Waals surface area contributed by atoms with Gasteiger partial charge in [-0.15, -0.1) is 11.3 Å². The summed E-state index contributed by atoms with van der Waals surface area (Å²) in [6.07, 6.45) is 2.72. The van der Waals surface area contributed by atoms with Crippen LogP contribution in [-0.2, 0) is 11.2 Å². The van der Waals surface area contributed by atoms with Gasteiger partial charge in [-0.1, -0.05) is 30.3 Å². The molecule has 2 bridgehead atoms. The first kappa shape index (κ1) is 16.3. The maximum atomic E-state index is 13.1. The fraction of sp³-hybridized carbons (Fsp3) is 0.400. The summed E-state index contributed by atoms with van der Waals surface area (Å²) in [5, 5.41) is 12.0. The molecule has 3 atom stereocenters. The SMILES string of the molecule is Cc1ccsc1C(=O)N1[C@H]2CC[C@@H]1[C@](Cc1ccccc1)(C(=O)O)C2. The second kappa shape index (κ2) is 5.99. The molecule has 0 spiro atoms. The minimum atomic E-state index is -0.870. The number of hydrogen-bond donors (Lipinski definition) is 1. The lowest BCUT2D eigenvalue weighted by Gasteiger charge is -2.33. The number of hydrogen-bond acceptors (Lipinski definition) is 3. The lowest BCUT2D eigenvalue weighted by Crippen LogP contribution is -2.46. The average molecular weight is 355 g/mol. The van der Waals surface area contributed by atoms with Gasteiger partial charge in [0.25, 0.3) is 5.91 Å². The van der Waals surface area contributed by atoms with E-state index in [1.165, 1.54) is 11.3 Å². The lowest BCUT2D eigenvalue weighted by atomic mass is 9.70. The Balaban J connectivity index is 1.68. The Morgan fingerprint density at radius 2 is 2.00 bits per heavy atom. The van der Waals surface area contributed by atoms with E-state index >= 15 is 0 Å². The number of carboxylic acids is 1. The largest absolute Gasteiger partial charge is 0.481 e. The number of aliphatic carboxylic acids is 1. The van der Waals surface area contributed by atoms with Gasteiger partial charge in [0, 0.05) is 12.1 Å². The van der Waals surface area contributed by atoms with Crippen molar-refractivity contribution in [1.82, 2.24) is 4.90 Å². The van der Waals surface area contributed by atoms with Gasteiger partial charge >= 0.3 is 5.97 Å². The Hall–Kier alpha value is -2.14. The van der Waals surface area contributed by atoms with Crippen LogP contribution in [0.4, 0.5) is 0 Å². The summed E-state index contributed by atoms with van der Waals surface area (Å²) in [6.45, 7) is 1.94. The van der Waals surface area contributed by atoms with Crippen LogP contribution in [0.2, 0.25) is 0 Å². The Morgan fingerprint density at radius 1 is 1.24 bits per heavy atom. The van der Waals surface area contributed by atoms with Crippen molar-refractivity contribution < 1.29 is 14.7 Å². The smallest absolute Gasteiger partial charge is 0.312 e. The fourth-order valence-electron chi connectivity index (χ4n) is 4.65. The van der Waals surface area contributed by atoms with Gasteiger partial charge in [0.05, 0.1) is 10.3 Å². The molecular formula is C20H21NO3S. The van der Waals surface area contributed by atoms with Gasteiger partial charge in [-0.05, 0) is 55.2 Å². The molecular weight excluding hydrogens is 334 g/mol. The van der Waals surface area contributed by atoms with E-state index in [1.54, 1.807) is 0 Å². The van der Waals surface area contributed by atoms with Crippen molar-refractivity contribution in [2.24, 2.45) is 5.41 Å². The molecule has 3 heterocycles. The van der Waals surface area contributed by atoms with Crippen LogP contribution in [0.1, 0.15) is 40.1 Å². The van der Waals surface area contributed by atoms with E-state index in [4.69, 9.17) is 0 Å². The monoisotopic (exact) mass is 355 g/mol. The average Bonchev–Trinajstić information content (AvgIpc) is 3.28. The highest BCUT2D eigenvalue weighted by atomic mass is 32.1. The molecule has 0 saturated carbocycles. The standard InChI is InChI=1S/C20H21NO3S/c1-13-9-10-25-17(13)18(22)21-15-7-8-16(21)20(12-15,19(23)24)11-14-5-3-2-4-6-14/h2-6,9-10,15-16H,7-8,11-12H2,1H3,(H,23,24)/t15-,16+,20+/m0/s1. The molecule has 5 heteroatoms. The number of carboxylic acid groups (broad SMARTS) is 1. The summed E-state index contributed by atoms with van der Waals surface area (Å²) < 4.78 is 0. The second-order valence-corrected chi connectivity index (χ2v) is 8.14. The molecule has 0 aliphatic carbocycles. The predicted octanol–water partition coefficient (Wildman–Crippen LogP) is 3.75. The van der Waals surface area contributed by atoms with Crippen LogP contribution in [0.5, 0.6) is 0 Å². The summed E-state index contributed by atoms with van der Waals surface area (Å²) in [6, 6.07) is 11.5. The number of rotatable bonds is 4. The van der Waals surface area contributed by atoms with Crippen LogP contribution in [0.3, 0.4) is 0 Å². The fourth-order valence-corrected chi connectivity index (χ4v) is 5.52. The van der Waals surface area contributed by atoms with Crippen molar-refractivity contribution in [3.63, 3.8) is 0 Å². The van der Waals surface area contributed by atoms with E-state index in [9.17, 15) is 14.7 Å². The van der Waals surface area contributed by atoms with Crippen LogP contribution >= 0.6 is 11.3 Å². The molecule has 1 amide bonds. The maximum Gasteiger partial charge on any atom is 0.312 e. The van der Waals surface area contributed by atoms with Gasteiger partial charge in [-0.25, -0.2) is 0 Å². The van der Waals surface area contributed by atoms with E-state index in [1.807, 2.05) is 53.6 Å². The quantitative estimate of drug-likeness (QED) is 0.909. The van der Waals surface area contributed by atoms with E-state index in [0.29, 0.717) is 12.8 Å². The number of fused-ring (bicyclic) bond motifs is 2. The summed E-state index contributed by atoms with van der Waals surface area (Å²) >= 11 is 1.45. The molecule has 1 aromatic heterocycles. The van der Waals surface area contributed by atoms with Crippen molar-refractivity contribution in [2.45, 2.75) is 44.7 Å². The predicted molar refractivity (Wildman–Crippen MR) is 96.9 cm³/mol. The molecule has 2 fully saturated rings. The molecule has 4 nitrogen and oxygen atoms in total. The van der Waals surface area contributed by atoms with E-state index < -0.39 is 11.4 Å². The molecule has 25 heavy (non-hydrogen) atoms. The van der Waals surface area contributed by atoms with E-state index in [0.717, 1.165) is 28.8 Å². The Morgan fingerprint density at radius 3 is 2.64 bits per heavy atom. The van der Waals surface area contributed by atoms with Gasteiger partial charge in [-0.2, -0.15) is 0 Å². The van der Waals surface area contributed by atoms with Gasteiger partial charge < -0.3 is 10.0 Å². The highest BCUT2D eigenvalue weighted by Crippen LogP contribution is 2.52. The zero-order chi connectivity index (χ0) is 17.6. The third-order valence-corrected chi connectivity index (χ3v) is 6.82. The zero-order valence-corrected chi connectivity index (χ0v) is 15.0. The van der Waals surface area contributed by atoms with Gasteiger partial charge in [0.2, 0.25) is 0 Å². The number of amides is 1. The minimum absolute atomic E-state index is 0.0104. The number of aryl methyl sites for hydroxylation is 1. The third kappa shape index (κ3) is 2.49. The molecule has 1 aromatic carbocycles. The Labute approximate surface area is 151 Å². The molecule has 0 radical (unpaired) electrons. The normalized spacial score (nSPS) is 27.6. The molecule has 4 rings (SSSR count). The van der Waals surface area contributed by atoms with Gasteiger partial charge in [0.15, 0.2) is 0 Å². The van der Waals surface area contributed by atoms with Crippen LogP contribution in [-0.4, -0.2) is 34.0 Å². The van der Waals surface area contributed by atoms with Crippen LogP contribution < -0.4 is 0 Å². The molecule has 2 aliphatic rings. The van der Waals surface area contributed by atoms with Crippen LogP contribution in [0.15, 0.2) is 41.8 Å². The first-order valence-corrected chi connectivity index (χ1v) is 9.55. The second-order valence-electron chi connectivity index (χ2n) is 7.22. The summed E-state index contributed by atoms with van der Waals surface area (Å²) in [5.41, 5.74) is 1.13. The third-order valence-electron chi connectivity index (χ3n) is 5.82. The number of benzene rings is 1. The number of carbonyl (C=O) groups is 2. The molecule has 1 N–H and O–H groups in total. The highest BCUT2D eigenvalue weighted by molar-refractivity contribution is 7.12. The van der Waals surface area contributed by atoms with E-state index in [2.05, 4.69) is 0 Å². The van der Waals surface area contributed by atoms with Crippen molar-refractivity contribution >= 4 is 23.2 Å². The number of thiophene rings is 1. The minimum Gasteiger partial charge on any atom is -0.481 e. The maximum absolute atomic E-state index is 13.1. The van der Waals surface area contributed by atoms with Crippen LogP contribution in [0.25, 0.3) is 0 Å². The lowest BCUT2D eigenvalue weighted by molar-refractivity contribution is -0.150. The molecule has 130 valence electrons. The first-order valence-electron chi connectivity index (χ1n) is 8.67. The molecule has 0 unspecified atom stereocenters. The summed E-state index contributed by atoms with van der Waals surface area (Å²) in [7, 11) is 0. The summed E-state index contributed by atoms with van der Waals surface area (Å²) in [4.78, 5) is 28.0. The Bertz CT molecular complexity index is 815. The number of nitrogens with zero attached hydrogens (tertiary/aromatic N) is 1. The van der Waals surface area contributed by atoms with Crippen molar-refractivity contribution in [2.75, 3.05) is 0 Å². The molecule has 2 aromatic rings. The van der Waals surface area contributed by atoms with Crippen molar-refractivity contribution in [3.8, 4) is 0 Å². The zero-order valence-electron chi connectivity index (χ0n) is 14.1. The van der Waals surface area contributed by atoms with Crippen molar-refractivity contribution in [3.05, 3.63) is 57.8 Å². The molecule has 2 aliphatic heterocycles. The topological polar surface area (TPSA) is 57.6 Å². The van der Waals surface area contributed by atoms with E-state index in [-0.39, 0.29) is 18.0 Å². The van der Waals surface area contributed by atoms with Crippen LogP contribution in [0, 0.1) is 12.3 Å². The molecule has 2 saturated heterocycles. The van der Waals surface area contributed by atoms with Gasteiger partial charge in [0.1, 0.15) is 0 Å². The highest BCUT2D eigenvalue weighted by Gasteiger charge is 2.61.